The van der Waals surface area contributed by atoms with Crippen molar-refractivity contribution >= 4 is 11.6 Å². The molecule has 3 heterocycles. The summed E-state index contributed by atoms with van der Waals surface area (Å²) in [6, 6.07) is 8.12. The zero-order chi connectivity index (χ0) is 17.3. The summed E-state index contributed by atoms with van der Waals surface area (Å²) in [5.74, 6) is 0.0940. The number of rotatable bonds is 3. The maximum Gasteiger partial charge on any atom is 0.241 e. The second kappa shape index (κ2) is 6.57. The summed E-state index contributed by atoms with van der Waals surface area (Å²) in [5.41, 5.74) is 1.78. The Kier molecular flexibility index (Phi) is 4.27. The van der Waals surface area contributed by atoms with Gasteiger partial charge in [0.15, 0.2) is 0 Å². The summed E-state index contributed by atoms with van der Waals surface area (Å²) in [6.45, 7) is 2.29. The first-order valence-corrected chi connectivity index (χ1v) is 8.85. The number of anilines is 1. The lowest BCUT2D eigenvalue weighted by atomic mass is 9.90. The number of benzene rings is 1. The van der Waals surface area contributed by atoms with Gasteiger partial charge in [-0.1, -0.05) is 18.2 Å². The van der Waals surface area contributed by atoms with Crippen LogP contribution in [0, 0.1) is 0 Å². The maximum absolute atomic E-state index is 12.9. The number of H-pyrrole nitrogens is 1. The van der Waals surface area contributed by atoms with Gasteiger partial charge in [-0.15, -0.1) is 0 Å². The number of fused-ring (bicyclic) bond motifs is 1. The van der Waals surface area contributed by atoms with Gasteiger partial charge in [0.05, 0.1) is 12.7 Å². The van der Waals surface area contributed by atoms with Gasteiger partial charge >= 0.3 is 0 Å². The van der Waals surface area contributed by atoms with Gasteiger partial charge < -0.3 is 10.0 Å². The Bertz CT molecular complexity index is 748. The van der Waals surface area contributed by atoms with Gasteiger partial charge in [0, 0.05) is 18.8 Å². The highest BCUT2D eigenvalue weighted by atomic mass is 16.3. The number of nitrogens with zero attached hydrogens (tertiary/aromatic N) is 4. The largest absolute Gasteiger partial charge is 0.382 e. The summed E-state index contributed by atoms with van der Waals surface area (Å²) in [5, 5.41) is 21.3. The van der Waals surface area contributed by atoms with Crippen molar-refractivity contribution in [3.05, 3.63) is 41.7 Å². The number of nitrogens with one attached hydrogen (secondary N) is 1. The Balaban J connectivity index is 1.46. The summed E-state index contributed by atoms with van der Waals surface area (Å²) in [6.07, 6.45) is 5.04. The number of carbonyl (C=O) groups is 1. The SMILES string of the molecule is O=C(CN1CCCC(O)(c2cn[nH]n2)C1)N1CCCc2ccccc21. The van der Waals surface area contributed by atoms with Crippen LogP contribution < -0.4 is 4.90 Å². The zero-order valence-corrected chi connectivity index (χ0v) is 14.2. The van der Waals surface area contributed by atoms with Crippen molar-refractivity contribution in [2.45, 2.75) is 31.3 Å². The number of hydrogen-bond donors (Lipinski definition) is 2. The molecule has 7 nitrogen and oxygen atoms in total. The van der Waals surface area contributed by atoms with Crippen molar-refractivity contribution in [3.63, 3.8) is 0 Å². The third kappa shape index (κ3) is 3.17. The number of carbonyl (C=O) groups excluding carboxylic acids is 1. The van der Waals surface area contributed by atoms with Crippen LogP contribution in [-0.4, -0.2) is 57.5 Å². The van der Waals surface area contributed by atoms with E-state index in [0.717, 1.165) is 38.0 Å². The molecular weight excluding hydrogens is 318 g/mol. The molecule has 1 fully saturated rings. The van der Waals surface area contributed by atoms with Crippen LogP contribution in [-0.2, 0) is 16.8 Å². The Morgan fingerprint density at radius 2 is 2.16 bits per heavy atom. The molecule has 2 aliphatic rings. The molecule has 1 aromatic carbocycles. The molecule has 0 bridgehead atoms. The normalized spacial score (nSPS) is 24.1. The van der Waals surface area contributed by atoms with Crippen molar-refractivity contribution in [1.29, 1.82) is 0 Å². The van der Waals surface area contributed by atoms with Crippen molar-refractivity contribution in [3.8, 4) is 0 Å². The molecule has 0 aliphatic carbocycles. The Morgan fingerprint density at radius 3 is 3.00 bits per heavy atom. The van der Waals surface area contributed by atoms with E-state index in [1.165, 1.54) is 5.56 Å². The molecule has 1 amide bonds. The first kappa shape index (κ1) is 16.2. The number of likely N-dealkylation sites (tertiary alicyclic amines) is 1. The molecule has 0 spiro atoms. The average molecular weight is 341 g/mol. The minimum absolute atomic E-state index is 0.0940. The fraction of sp³-hybridized carbons (Fsp3) is 0.500. The lowest BCUT2D eigenvalue weighted by molar-refractivity contribution is -0.122. The van der Waals surface area contributed by atoms with E-state index in [2.05, 4.69) is 21.5 Å². The van der Waals surface area contributed by atoms with Crippen molar-refractivity contribution in [2.75, 3.05) is 31.1 Å². The number of para-hydroxylation sites is 1. The van der Waals surface area contributed by atoms with E-state index in [4.69, 9.17) is 0 Å². The van der Waals surface area contributed by atoms with Crippen LogP contribution in [0.25, 0.3) is 0 Å². The minimum Gasteiger partial charge on any atom is -0.382 e. The first-order valence-electron chi connectivity index (χ1n) is 8.85. The Morgan fingerprint density at radius 1 is 1.28 bits per heavy atom. The molecule has 2 aliphatic heterocycles. The number of amides is 1. The molecule has 0 saturated carbocycles. The van der Waals surface area contributed by atoms with Crippen LogP contribution >= 0.6 is 0 Å². The average Bonchev–Trinajstić information content (AvgIpc) is 3.17. The summed E-state index contributed by atoms with van der Waals surface area (Å²) in [7, 11) is 0. The van der Waals surface area contributed by atoms with E-state index in [9.17, 15) is 9.90 Å². The van der Waals surface area contributed by atoms with Crippen molar-refractivity contribution in [2.24, 2.45) is 0 Å². The van der Waals surface area contributed by atoms with Gasteiger partial charge in [-0.3, -0.25) is 9.69 Å². The number of hydrogen-bond acceptors (Lipinski definition) is 5. The van der Waals surface area contributed by atoms with Gasteiger partial charge in [-0.2, -0.15) is 15.4 Å². The lowest BCUT2D eigenvalue weighted by Gasteiger charge is -2.39. The fourth-order valence-electron chi connectivity index (χ4n) is 3.96. The van der Waals surface area contributed by atoms with Crippen molar-refractivity contribution in [1.82, 2.24) is 20.3 Å². The molecule has 2 aromatic rings. The molecule has 1 aromatic heterocycles. The molecule has 25 heavy (non-hydrogen) atoms. The standard InChI is InChI=1S/C18H23N5O2/c24-17(23-10-3-6-14-5-1-2-7-15(14)23)12-22-9-4-8-18(25,13-22)16-11-19-21-20-16/h1-2,5,7,11,25H,3-4,6,8-10,12-13H2,(H,19,20,21). The maximum atomic E-state index is 12.9. The Labute approximate surface area is 146 Å². The smallest absolute Gasteiger partial charge is 0.241 e. The van der Waals surface area contributed by atoms with Gasteiger partial charge in [0.25, 0.3) is 0 Å². The molecule has 4 rings (SSSR count). The predicted molar refractivity (Wildman–Crippen MR) is 93.1 cm³/mol. The zero-order valence-electron chi connectivity index (χ0n) is 14.2. The summed E-state index contributed by atoms with van der Waals surface area (Å²) >= 11 is 0. The van der Waals surface area contributed by atoms with Crippen LogP contribution in [0.15, 0.2) is 30.5 Å². The highest BCUT2D eigenvalue weighted by molar-refractivity contribution is 5.95. The minimum atomic E-state index is -1.04. The van der Waals surface area contributed by atoms with Crippen LogP contribution in [0.2, 0.25) is 0 Å². The fourth-order valence-corrected chi connectivity index (χ4v) is 3.96. The van der Waals surface area contributed by atoms with Gasteiger partial charge in [-0.05, 0) is 43.9 Å². The second-order valence-electron chi connectivity index (χ2n) is 6.98. The monoisotopic (exact) mass is 341 g/mol. The molecule has 7 heteroatoms. The van der Waals surface area contributed by atoms with Gasteiger partial charge in [0.1, 0.15) is 11.3 Å². The van der Waals surface area contributed by atoms with Crippen molar-refractivity contribution < 1.29 is 9.90 Å². The molecule has 1 atom stereocenters. The number of aliphatic hydroxyl groups is 1. The molecule has 2 N–H and O–H groups in total. The van der Waals surface area contributed by atoms with E-state index < -0.39 is 5.60 Å². The number of aryl methyl sites for hydroxylation is 1. The van der Waals surface area contributed by atoms with Crippen LogP contribution in [0.3, 0.4) is 0 Å². The van der Waals surface area contributed by atoms with E-state index >= 15 is 0 Å². The summed E-state index contributed by atoms with van der Waals surface area (Å²) in [4.78, 5) is 16.8. The number of aromatic nitrogens is 3. The third-order valence-corrected chi connectivity index (χ3v) is 5.21. The molecule has 132 valence electrons. The highest BCUT2D eigenvalue weighted by Gasteiger charge is 2.38. The Hall–Kier alpha value is -2.25. The van der Waals surface area contributed by atoms with Crippen LogP contribution in [0.1, 0.15) is 30.5 Å². The van der Waals surface area contributed by atoms with Crippen LogP contribution in [0.5, 0.6) is 0 Å². The molecule has 0 radical (unpaired) electrons. The van der Waals surface area contributed by atoms with E-state index in [-0.39, 0.29) is 5.91 Å². The van der Waals surface area contributed by atoms with E-state index in [1.54, 1.807) is 6.20 Å². The summed E-state index contributed by atoms with van der Waals surface area (Å²) < 4.78 is 0. The number of aromatic amines is 1. The lowest BCUT2D eigenvalue weighted by Crippen LogP contribution is -2.50. The predicted octanol–water partition coefficient (Wildman–Crippen LogP) is 1.07. The topological polar surface area (TPSA) is 85.3 Å². The van der Waals surface area contributed by atoms with Gasteiger partial charge in [-0.25, -0.2) is 0 Å². The first-order chi connectivity index (χ1) is 12.2. The highest BCUT2D eigenvalue weighted by Crippen LogP contribution is 2.30. The third-order valence-electron chi connectivity index (χ3n) is 5.21. The van der Waals surface area contributed by atoms with Gasteiger partial charge in [0.2, 0.25) is 5.91 Å². The van der Waals surface area contributed by atoms with E-state index in [0.29, 0.717) is 25.2 Å². The molecule has 1 saturated heterocycles. The second-order valence-corrected chi connectivity index (χ2v) is 6.98. The van der Waals surface area contributed by atoms with Crippen LogP contribution in [0.4, 0.5) is 5.69 Å². The quantitative estimate of drug-likeness (QED) is 0.872. The number of β-amino-alcohol motifs (C(OH)–C–C–N with tert-alkyl or cyclic N) is 1. The molecular formula is C18H23N5O2. The molecule has 1 unspecified atom stereocenters. The van der Waals surface area contributed by atoms with E-state index in [1.807, 2.05) is 28.0 Å². The number of piperidine rings is 1.